The van der Waals surface area contributed by atoms with Crippen molar-refractivity contribution in [3.63, 3.8) is 0 Å². The van der Waals surface area contributed by atoms with Crippen molar-refractivity contribution >= 4 is 44.8 Å². The first kappa shape index (κ1) is 16.0. The van der Waals surface area contributed by atoms with Gasteiger partial charge < -0.3 is 5.32 Å². The summed E-state index contributed by atoms with van der Waals surface area (Å²) in [7, 11) is 0. The van der Waals surface area contributed by atoms with Crippen LogP contribution in [0.2, 0.25) is 5.02 Å². The van der Waals surface area contributed by atoms with Gasteiger partial charge in [0.1, 0.15) is 0 Å². The zero-order valence-corrected chi connectivity index (χ0v) is 15.0. The zero-order valence-electron chi connectivity index (χ0n) is 11.9. The van der Waals surface area contributed by atoms with Gasteiger partial charge in [-0.15, -0.1) is 0 Å². The number of hydrogen-bond donors (Lipinski definition) is 1. The number of halogens is 2. The molecule has 1 atom stereocenters. The third-order valence-corrected chi connectivity index (χ3v) is 5.32. The number of benzene rings is 1. The number of nitrogens with zero attached hydrogens (tertiary/aromatic N) is 1. The molecule has 6 heteroatoms. The lowest BCUT2D eigenvalue weighted by atomic mass is 10.2. The molecule has 0 spiro atoms. The molecule has 0 radical (unpaired) electrons. The zero-order chi connectivity index (χ0) is 15.5. The Morgan fingerprint density at radius 2 is 2.32 bits per heavy atom. The summed E-state index contributed by atoms with van der Waals surface area (Å²) in [5.74, 6) is -0.103. The van der Waals surface area contributed by atoms with Crippen LogP contribution in [0.4, 0.5) is 0 Å². The smallest absolute Gasteiger partial charge is 0.253 e. The van der Waals surface area contributed by atoms with E-state index in [1.54, 1.807) is 23.5 Å². The van der Waals surface area contributed by atoms with Crippen molar-refractivity contribution in [2.24, 2.45) is 0 Å². The Hall–Kier alpha value is -0.880. The highest BCUT2D eigenvalue weighted by Crippen LogP contribution is 2.22. The third kappa shape index (κ3) is 3.90. The van der Waals surface area contributed by atoms with Crippen molar-refractivity contribution < 1.29 is 4.79 Å². The molecule has 1 amide bonds. The lowest BCUT2D eigenvalue weighted by Crippen LogP contribution is -2.37. The second-order valence-electron chi connectivity index (χ2n) is 5.45. The normalized spacial score (nSPS) is 18.5. The minimum atomic E-state index is -0.103. The van der Waals surface area contributed by atoms with Crippen LogP contribution in [0, 0.1) is 0 Å². The number of carbonyl (C=O) groups excluding carboxylic acids is 1. The van der Waals surface area contributed by atoms with Crippen LogP contribution in [0.1, 0.15) is 22.3 Å². The van der Waals surface area contributed by atoms with Gasteiger partial charge >= 0.3 is 0 Å². The number of amides is 1. The second-order valence-corrected chi connectivity index (χ2v) is 7.55. The molecular formula is C16H16BrClN2OS. The van der Waals surface area contributed by atoms with Gasteiger partial charge in [-0.1, -0.05) is 27.5 Å². The molecule has 22 heavy (non-hydrogen) atoms. The maximum absolute atomic E-state index is 12.4. The number of likely N-dealkylation sites (tertiary alicyclic amines) is 1. The number of hydrogen-bond acceptors (Lipinski definition) is 3. The molecule has 1 aromatic carbocycles. The summed E-state index contributed by atoms with van der Waals surface area (Å²) in [4.78, 5) is 14.7. The van der Waals surface area contributed by atoms with Gasteiger partial charge in [0.25, 0.3) is 5.91 Å². The molecule has 3 nitrogen and oxygen atoms in total. The van der Waals surface area contributed by atoms with E-state index in [4.69, 9.17) is 11.6 Å². The van der Waals surface area contributed by atoms with E-state index in [2.05, 4.69) is 43.0 Å². The Morgan fingerprint density at radius 3 is 3.09 bits per heavy atom. The van der Waals surface area contributed by atoms with Crippen LogP contribution in [-0.4, -0.2) is 29.9 Å². The molecule has 1 aliphatic heterocycles. The summed E-state index contributed by atoms with van der Waals surface area (Å²) in [6.45, 7) is 2.84. The van der Waals surface area contributed by atoms with E-state index in [-0.39, 0.29) is 11.9 Å². The highest BCUT2D eigenvalue weighted by Gasteiger charge is 2.25. The number of carbonyl (C=O) groups is 1. The van der Waals surface area contributed by atoms with Gasteiger partial charge in [-0.25, -0.2) is 0 Å². The SMILES string of the molecule is O=C(NC1CCN(Cc2ccsc2)C1)c1cc(Br)ccc1Cl. The summed E-state index contributed by atoms with van der Waals surface area (Å²) < 4.78 is 0.854. The summed E-state index contributed by atoms with van der Waals surface area (Å²) in [5, 5.41) is 7.84. The molecule has 116 valence electrons. The lowest BCUT2D eigenvalue weighted by molar-refractivity contribution is 0.0937. The molecule has 1 saturated heterocycles. The quantitative estimate of drug-likeness (QED) is 0.837. The first-order valence-electron chi connectivity index (χ1n) is 7.11. The molecular weight excluding hydrogens is 384 g/mol. The summed E-state index contributed by atoms with van der Waals surface area (Å²) in [6.07, 6.45) is 0.974. The van der Waals surface area contributed by atoms with Crippen LogP contribution in [0.3, 0.4) is 0 Å². The van der Waals surface area contributed by atoms with Gasteiger partial charge in [-0.05, 0) is 47.0 Å². The average Bonchev–Trinajstić information content (AvgIpc) is 3.14. The maximum atomic E-state index is 12.4. The molecule has 1 aromatic heterocycles. The minimum absolute atomic E-state index is 0.103. The van der Waals surface area contributed by atoms with Crippen molar-refractivity contribution in [2.45, 2.75) is 19.0 Å². The first-order valence-corrected chi connectivity index (χ1v) is 9.22. The minimum Gasteiger partial charge on any atom is -0.348 e. The fourth-order valence-corrected chi connectivity index (χ4v) is 3.89. The molecule has 0 aliphatic carbocycles. The summed E-state index contributed by atoms with van der Waals surface area (Å²) in [6, 6.07) is 7.66. The average molecular weight is 400 g/mol. The lowest BCUT2D eigenvalue weighted by Gasteiger charge is -2.16. The molecule has 3 rings (SSSR count). The Labute approximate surface area is 147 Å². The van der Waals surface area contributed by atoms with Crippen LogP contribution >= 0.6 is 38.9 Å². The van der Waals surface area contributed by atoms with Gasteiger partial charge in [0.05, 0.1) is 10.6 Å². The fraction of sp³-hybridized carbons (Fsp3) is 0.312. The molecule has 1 aliphatic rings. The topological polar surface area (TPSA) is 32.3 Å². The predicted molar refractivity (Wildman–Crippen MR) is 94.6 cm³/mol. The van der Waals surface area contributed by atoms with Gasteiger partial charge in [-0.3, -0.25) is 9.69 Å². The summed E-state index contributed by atoms with van der Waals surface area (Å²) >= 11 is 11.2. The van der Waals surface area contributed by atoms with E-state index in [1.165, 1.54) is 5.56 Å². The highest BCUT2D eigenvalue weighted by molar-refractivity contribution is 9.10. The fourth-order valence-electron chi connectivity index (χ4n) is 2.67. The molecule has 0 bridgehead atoms. The van der Waals surface area contributed by atoms with Crippen LogP contribution in [-0.2, 0) is 6.54 Å². The second kappa shape index (κ2) is 7.13. The van der Waals surface area contributed by atoms with Crippen LogP contribution in [0.25, 0.3) is 0 Å². The van der Waals surface area contributed by atoms with Gasteiger partial charge in [0.15, 0.2) is 0 Å². The molecule has 1 fully saturated rings. The van der Waals surface area contributed by atoms with Crippen LogP contribution < -0.4 is 5.32 Å². The van der Waals surface area contributed by atoms with E-state index < -0.39 is 0 Å². The Bertz CT molecular complexity index is 662. The Morgan fingerprint density at radius 1 is 1.45 bits per heavy atom. The maximum Gasteiger partial charge on any atom is 0.253 e. The van der Waals surface area contributed by atoms with Crippen molar-refractivity contribution in [3.8, 4) is 0 Å². The third-order valence-electron chi connectivity index (χ3n) is 3.77. The summed E-state index contributed by atoms with van der Waals surface area (Å²) in [5.41, 5.74) is 1.86. The van der Waals surface area contributed by atoms with E-state index >= 15 is 0 Å². The molecule has 2 aromatic rings. The predicted octanol–water partition coefficient (Wildman–Crippen LogP) is 4.17. The standard InChI is InChI=1S/C16H16BrClN2OS/c17-12-1-2-15(18)14(7-12)16(21)19-13-3-5-20(9-13)8-11-4-6-22-10-11/h1-2,4,6-7,10,13H,3,5,8-9H2,(H,19,21). The van der Waals surface area contributed by atoms with Gasteiger partial charge in [0.2, 0.25) is 0 Å². The van der Waals surface area contributed by atoms with Gasteiger partial charge in [0, 0.05) is 30.1 Å². The first-order chi connectivity index (χ1) is 10.6. The van der Waals surface area contributed by atoms with Crippen molar-refractivity contribution in [1.82, 2.24) is 10.2 Å². The number of thiophene rings is 1. The Kier molecular flexibility index (Phi) is 5.18. The van der Waals surface area contributed by atoms with E-state index in [0.29, 0.717) is 10.6 Å². The molecule has 1 unspecified atom stereocenters. The van der Waals surface area contributed by atoms with Crippen molar-refractivity contribution in [2.75, 3.05) is 13.1 Å². The van der Waals surface area contributed by atoms with Crippen molar-refractivity contribution in [1.29, 1.82) is 0 Å². The monoisotopic (exact) mass is 398 g/mol. The van der Waals surface area contributed by atoms with E-state index in [1.807, 2.05) is 6.07 Å². The molecule has 1 N–H and O–H groups in total. The van der Waals surface area contributed by atoms with Crippen molar-refractivity contribution in [3.05, 3.63) is 55.6 Å². The largest absolute Gasteiger partial charge is 0.348 e. The molecule has 0 saturated carbocycles. The Balaban J connectivity index is 1.57. The van der Waals surface area contributed by atoms with E-state index in [9.17, 15) is 4.79 Å². The van der Waals surface area contributed by atoms with Crippen LogP contribution in [0.5, 0.6) is 0 Å². The van der Waals surface area contributed by atoms with E-state index in [0.717, 1.165) is 30.5 Å². The molecule has 2 heterocycles. The number of nitrogens with one attached hydrogen (secondary N) is 1. The highest BCUT2D eigenvalue weighted by atomic mass is 79.9. The van der Waals surface area contributed by atoms with Crippen LogP contribution in [0.15, 0.2) is 39.5 Å². The van der Waals surface area contributed by atoms with Gasteiger partial charge in [-0.2, -0.15) is 11.3 Å². The number of rotatable bonds is 4.